The Morgan fingerprint density at radius 2 is 2.26 bits per heavy atom. The second-order valence-electron chi connectivity index (χ2n) is 4.38. The van der Waals surface area contributed by atoms with E-state index in [0.717, 1.165) is 25.1 Å². The van der Waals surface area contributed by atoms with E-state index in [2.05, 4.69) is 4.98 Å². The third kappa shape index (κ3) is 3.40. The van der Waals surface area contributed by atoms with E-state index in [1.54, 1.807) is 11.9 Å². The Morgan fingerprint density at radius 3 is 2.74 bits per heavy atom. The van der Waals surface area contributed by atoms with Crippen LogP contribution in [0.2, 0.25) is 0 Å². The molecular formula is C12H17N3O4. The number of carbonyl (C=O) groups is 1. The normalized spacial score (nSPS) is 11.9. The van der Waals surface area contributed by atoms with Crippen molar-refractivity contribution >= 4 is 17.5 Å². The molecule has 7 heteroatoms. The molecule has 19 heavy (non-hydrogen) atoms. The lowest BCUT2D eigenvalue weighted by molar-refractivity contribution is -0.385. The van der Waals surface area contributed by atoms with Gasteiger partial charge in [-0.25, -0.2) is 9.78 Å². The van der Waals surface area contributed by atoms with E-state index in [-0.39, 0.29) is 23.1 Å². The average molecular weight is 267 g/mol. The summed E-state index contributed by atoms with van der Waals surface area (Å²) in [7, 11) is 1.74. The molecule has 0 amide bonds. The highest BCUT2D eigenvalue weighted by molar-refractivity contribution is 5.94. The van der Waals surface area contributed by atoms with E-state index in [4.69, 9.17) is 5.11 Å². The minimum atomic E-state index is -1.22. The Labute approximate surface area is 111 Å². The van der Waals surface area contributed by atoms with E-state index in [0.29, 0.717) is 0 Å². The molecule has 0 aliphatic rings. The number of anilines is 1. The van der Waals surface area contributed by atoms with Crippen molar-refractivity contribution in [1.82, 2.24) is 4.98 Å². The van der Waals surface area contributed by atoms with Crippen molar-refractivity contribution in [1.29, 1.82) is 0 Å². The lowest BCUT2D eigenvalue weighted by Gasteiger charge is -2.26. The van der Waals surface area contributed by atoms with Crippen molar-refractivity contribution < 1.29 is 14.8 Å². The number of carboxylic acid groups (broad SMARTS) is 1. The zero-order valence-corrected chi connectivity index (χ0v) is 11.2. The van der Waals surface area contributed by atoms with Gasteiger partial charge in [-0.3, -0.25) is 10.1 Å². The Hall–Kier alpha value is -2.18. The van der Waals surface area contributed by atoms with Gasteiger partial charge in [-0.1, -0.05) is 13.3 Å². The first-order chi connectivity index (χ1) is 8.88. The van der Waals surface area contributed by atoms with Crippen LogP contribution >= 0.6 is 0 Å². The Kier molecular flexibility index (Phi) is 4.80. The fraction of sp³-hybridized carbons (Fsp3) is 0.500. The van der Waals surface area contributed by atoms with Gasteiger partial charge in [0.05, 0.1) is 4.92 Å². The first-order valence-electron chi connectivity index (χ1n) is 5.99. The topological polar surface area (TPSA) is 96.6 Å². The molecule has 0 aliphatic heterocycles. The monoisotopic (exact) mass is 267 g/mol. The van der Waals surface area contributed by atoms with E-state index in [1.807, 2.05) is 13.8 Å². The van der Waals surface area contributed by atoms with Crippen LogP contribution < -0.4 is 4.90 Å². The first-order valence-corrected chi connectivity index (χ1v) is 5.99. The van der Waals surface area contributed by atoms with Crippen LogP contribution in [0.1, 0.15) is 37.0 Å². The molecule has 0 bridgehead atoms. The van der Waals surface area contributed by atoms with Gasteiger partial charge < -0.3 is 10.0 Å². The van der Waals surface area contributed by atoms with Crippen LogP contribution in [0.5, 0.6) is 0 Å². The molecule has 1 rings (SSSR count). The molecule has 1 N–H and O–H groups in total. The van der Waals surface area contributed by atoms with Crippen LogP contribution in [-0.2, 0) is 0 Å². The quantitative estimate of drug-likeness (QED) is 0.627. The van der Waals surface area contributed by atoms with Crippen LogP contribution in [0.25, 0.3) is 0 Å². The van der Waals surface area contributed by atoms with Crippen molar-refractivity contribution in [2.75, 3.05) is 11.9 Å². The van der Waals surface area contributed by atoms with Crippen molar-refractivity contribution in [2.45, 2.75) is 32.7 Å². The van der Waals surface area contributed by atoms with Gasteiger partial charge in [0, 0.05) is 19.2 Å². The number of aromatic carboxylic acids is 1. The van der Waals surface area contributed by atoms with Gasteiger partial charge in [0.25, 0.3) is 5.69 Å². The summed E-state index contributed by atoms with van der Waals surface area (Å²) in [6, 6.07) is 1.15. The Morgan fingerprint density at radius 1 is 1.63 bits per heavy atom. The maximum absolute atomic E-state index is 11.2. The Bertz CT molecular complexity index is 490. The molecule has 1 atom stereocenters. The second kappa shape index (κ2) is 6.12. The molecule has 0 fully saturated rings. The van der Waals surface area contributed by atoms with Gasteiger partial charge in [0.15, 0.2) is 0 Å². The van der Waals surface area contributed by atoms with Gasteiger partial charge in [-0.15, -0.1) is 0 Å². The molecule has 0 radical (unpaired) electrons. The summed E-state index contributed by atoms with van der Waals surface area (Å²) in [5.74, 6) is -0.971. The van der Waals surface area contributed by atoms with Crippen LogP contribution in [0.4, 0.5) is 11.5 Å². The lowest BCUT2D eigenvalue weighted by atomic mass is 10.1. The van der Waals surface area contributed by atoms with Gasteiger partial charge in [0.1, 0.15) is 17.6 Å². The van der Waals surface area contributed by atoms with Gasteiger partial charge in [0.2, 0.25) is 0 Å². The van der Waals surface area contributed by atoms with E-state index in [1.165, 1.54) is 0 Å². The van der Waals surface area contributed by atoms with E-state index in [9.17, 15) is 14.9 Å². The van der Waals surface area contributed by atoms with Gasteiger partial charge in [-0.05, 0) is 13.3 Å². The SMILES string of the molecule is CCCC(C)N(C)c1ncc([N+](=O)[O-])cc1C(=O)O. The molecule has 104 valence electrons. The molecule has 0 aromatic carbocycles. The number of rotatable bonds is 6. The lowest BCUT2D eigenvalue weighted by Crippen LogP contribution is -2.31. The largest absolute Gasteiger partial charge is 0.478 e. The molecule has 1 aromatic heterocycles. The first kappa shape index (κ1) is 14.9. The minimum Gasteiger partial charge on any atom is -0.478 e. The molecule has 1 aromatic rings. The summed E-state index contributed by atoms with van der Waals surface area (Å²) in [5, 5.41) is 19.8. The number of hydrogen-bond donors (Lipinski definition) is 1. The van der Waals surface area contributed by atoms with Crippen LogP contribution in [0.3, 0.4) is 0 Å². The summed E-state index contributed by atoms with van der Waals surface area (Å²) in [6.45, 7) is 3.99. The summed E-state index contributed by atoms with van der Waals surface area (Å²) in [5.41, 5.74) is -0.475. The number of hydrogen-bond acceptors (Lipinski definition) is 5. The van der Waals surface area contributed by atoms with Crippen LogP contribution in [0.15, 0.2) is 12.3 Å². The molecule has 0 saturated carbocycles. The van der Waals surface area contributed by atoms with Crippen LogP contribution in [-0.4, -0.2) is 34.1 Å². The van der Waals surface area contributed by atoms with Crippen molar-refractivity contribution in [3.05, 3.63) is 27.9 Å². The van der Waals surface area contributed by atoms with E-state index >= 15 is 0 Å². The van der Waals surface area contributed by atoms with Crippen molar-refractivity contribution in [3.63, 3.8) is 0 Å². The van der Waals surface area contributed by atoms with Gasteiger partial charge in [-0.2, -0.15) is 0 Å². The molecule has 0 saturated heterocycles. The molecular weight excluding hydrogens is 250 g/mol. The summed E-state index contributed by atoms with van der Waals surface area (Å²) in [4.78, 5) is 26.9. The second-order valence-corrected chi connectivity index (χ2v) is 4.38. The van der Waals surface area contributed by atoms with Crippen LogP contribution in [0, 0.1) is 10.1 Å². The highest BCUT2D eigenvalue weighted by atomic mass is 16.6. The predicted octanol–water partition coefficient (Wildman–Crippen LogP) is 2.31. The maximum Gasteiger partial charge on any atom is 0.339 e. The highest BCUT2D eigenvalue weighted by Crippen LogP contribution is 2.24. The standard InChI is InChI=1S/C12H17N3O4/c1-4-5-8(2)14(3)11-10(12(16)17)6-9(7-13-11)15(18)19/h6-8H,4-5H2,1-3H3,(H,16,17). The molecule has 1 heterocycles. The third-order valence-electron chi connectivity index (χ3n) is 3.00. The fourth-order valence-electron chi connectivity index (χ4n) is 1.80. The molecule has 0 spiro atoms. The maximum atomic E-state index is 11.2. The fourth-order valence-corrected chi connectivity index (χ4v) is 1.80. The number of nitrogens with zero attached hydrogens (tertiary/aromatic N) is 3. The molecule has 0 aliphatic carbocycles. The minimum absolute atomic E-state index is 0.108. The third-order valence-corrected chi connectivity index (χ3v) is 3.00. The summed E-state index contributed by atoms with van der Waals surface area (Å²) >= 11 is 0. The van der Waals surface area contributed by atoms with Gasteiger partial charge >= 0.3 is 5.97 Å². The number of carboxylic acids is 1. The number of nitro groups is 1. The Balaban J connectivity index is 3.20. The summed E-state index contributed by atoms with van der Waals surface area (Å²) in [6.07, 6.45) is 2.92. The highest BCUT2D eigenvalue weighted by Gasteiger charge is 2.22. The van der Waals surface area contributed by atoms with Crippen molar-refractivity contribution in [3.8, 4) is 0 Å². The zero-order chi connectivity index (χ0) is 14.6. The molecule has 7 nitrogen and oxygen atoms in total. The average Bonchev–Trinajstić information content (AvgIpc) is 2.37. The van der Waals surface area contributed by atoms with E-state index < -0.39 is 10.9 Å². The zero-order valence-electron chi connectivity index (χ0n) is 11.2. The van der Waals surface area contributed by atoms with Crippen molar-refractivity contribution in [2.24, 2.45) is 0 Å². The number of pyridine rings is 1. The molecule has 1 unspecified atom stereocenters. The predicted molar refractivity (Wildman–Crippen MR) is 70.6 cm³/mol. The summed E-state index contributed by atoms with van der Waals surface area (Å²) < 4.78 is 0. The smallest absolute Gasteiger partial charge is 0.339 e. The number of aromatic nitrogens is 1.